The highest BCUT2D eigenvalue weighted by atomic mass is 16.3. The summed E-state index contributed by atoms with van der Waals surface area (Å²) in [5.74, 6) is 0.775. The van der Waals surface area contributed by atoms with Gasteiger partial charge >= 0.3 is 0 Å². The van der Waals surface area contributed by atoms with Gasteiger partial charge in [0.1, 0.15) is 5.82 Å². The molecule has 0 aliphatic carbocycles. The van der Waals surface area contributed by atoms with E-state index in [1.807, 2.05) is 53.1 Å². The number of aromatic nitrogens is 2. The van der Waals surface area contributed by atoms with Gasteiger partial charge in [0.25, 0.3) is 0 Å². The monoisotopic (exact) mass is 297 g/mol. The Balaban J connectivity index is 2.12. The predicted octanol–water partition coefficient (Wildman–Crippen LogP) is 1.52. The second-order valence-electron chi connectivity index (χ2n) is 5.27. The molecular weight excluding hydrogens is 278 g/mol. The summed E-state index contributed by atoms with van der Waals surface area (Å²) in [4.78, 5) is 4.66. The summed E-state index contributed by atoms with van der Waals surface area (Å²) >= 11 is 0. The van der Waals surface area contributed by atoms with Gasteiger partial charge in [-0.15, -0.1) is 0 Å². The zero-order chi connectivity index (χ0) is 15.5. The van der Waals surface area contributed by atoms with Gasteiger partial charge in [-0.05, 0) is 17.7 Å². The van der Waals surface area contributed by atoms with Crippen molar-refractivity contribution in [1.82, 2.24) is 9.55 Å². The largest absolute Gasteiger partial charge is 0.394 e. The fourth-order valence-corrected chi connectivity index (χ4v) is 2.54. The molecule has 5 nitrogen and oxygen atoms in total. The molecule has 1 atom stereocenters. The highest BCUT2D eigenvalue weighted by molar-refractivity contribution is 5.80. The van der Waals surface area contributed by atoms with Gasteiger partial charge in [-0.1, -0.05) is 36.4 Å². The summed E-state index contributed by atoms with van der Waals surface area (Å²) in [6, 6.07) is 15.7. The molecule has 0 fully saturated rings. The minimum Gasteiger partial charge on any atom is -0.394 e. The van der Waals surface area contributed by atoms with Crippen molar-refractivity contribution < 1.29 is 10.2 Å². The minimum atomic E-state index is -0.820. The standard InChI is InChI=1S/C17H19N3O2/c18-9-12-5-7-13(8-6-12)17-19-15-3-1-2-4-16(15)20(17)10-14(22)11-21/h1-8,14,21-22H,9-11,18H2. The van der Waals surface area contributed by atoms with Gasteiger partial charge in [-0.25, -0.2) is 4.98 Å². The van der Waals surface area contributed by atoms with E-state index in [1.54, 1.807) is 0 Å². The van der Waals surface area contributed by atoms with E-state index >= 15 is 0 Å². The molecule has 1 aromatic heterocycles. The van der Waals surface area contributed by atoms with Crippen LogP contribution in [0.2, 0.25) is 0 Å². The second-order valence-corrected chi connectivity index (χ2v) is 5.27. The van der Waals surface area contributed by atoms with E-state index in [1.165, 1.54) is 0 Å². The molecule has 114 valence electrons. The molecule has 0 aliphatic rings. The van der Waals surface area contributed by atoms with Gasteiger partial charge in [0.05, 0.1) is 30.3 Å². The molecule has 0 amide bonds. The van der Waals surface area contributed by atoms with Crippen LogP contribution in [0.4, 0.5) is 0 Å². The lowest BCUT2D eigenvalue weighted by Crippen LogP contribution is -2.20. The summed E-state index contributed by atoms with van der Waals surface area (Å²) in [6.07, 6.45) is -0.820. The number of imidazole rings is 1. The van der Waals surface area contributed by atoms with Crippen LogP contribution in [0, 0.1) is 0 Å². The van der Waals surface area contributed by atoms with Crippen LogP contribution in [0.15, 0.2) is 48.5 Å². The predicted molar refractivity (Wildman–Crippen MR) is 86.2 cm³/mol. The fraction of sp³-hybridized carbons (Fsp3) is 0.235. The Kier molecular flexibility index (Phi) is 4.20. The molecule has 1 heterocycles. The van der Waals surface area contributed by atoms with Crippen LogP contribution in [-0.2, 0) is 13.1 Å². The number of nitrogens with two attached hydrogens (primary N) is 1. The van der Waals surface area contributed by atoms with Crippen LogP contribution in [0.25, 0.3) is 22.4 Å². The average Bonchev–Trinajstić information content (AvgIpc) is 2.93. The SMILES string of the molecule is NCc1ccc(-c2nc3ccccc3n2CC(O)CO)cc1. The summed E-state index contributed by atoms with van der Waals surface area (Å²) < 4.78 is 1.94. The van der Waals surface area contributed by atoms with Gasteiger partial charge in [-0.3, -0.25) is 0 Å². The van der Waals surface area contributed by atoms with E-state index < -0.39 is 6.10 Å². The van der Waals surface area contributed by atoms with E-state index in [0.717, 1.165) is 28.0 Å². The first-order valence-corrected chi connectivity index (χ1v) is 7.26. The van der Waals surface area contributed by atoms with Crippen LogP contribution < -0.4 is 5.73 Å². The van der Waals surface area contributed by atoms with E-state index in [-0.39, 0.29) is 6.61 Å². The van der Waals surface area contributed by atoms with Crippen molar-refractivity contribution in [3.05, 3.63) is 54.1 Å². The molecule has 22 heavy (non-hydrogen) atoms. The number of rotatable bonds is 5. The van der Waals surface area contributed by atoms with Gasteiger partial charge in [-0.2, -0.15) is 0 Å². The first kappa shape index (κ1) is 14.7. The van der Waals surface area contributed by atoms with Crippen LogP contribution in [0.1, 0.15) is 5.56 Å². The van der Waals surface area contributed by atoms with Crippen LogP contribution in [-0.4, -0.2) is 32.5 Å². The third-order valence-corrected chi connectivity index (χ3v) is 3.71. The Bertz CT molecular complexity index is 765. The maximum atomic E-state index is 9.83. The first-order chi connectivity index (χ1) is 10.7. The molecule has 3 aromatic rings. The molecule has 0 saturated heterocycles. The lowest BCUT2D eigenvalue weighted by atomic mass is 10.1. The lowest BCUT2D eigenvalue weighted by molar-refractivity contribution is 0.0824. The lowest BCUT2D eigenvalue weighted by Gasteiger charge is -2.13. The maximum absolute atomic E-state index is 9.83. The molecule has 3 rings (SSSR count). The molecule has 0 bridgehead atoms. The van der Waals surface area contributed by atoms with Crippen molar-refractivity contribution in [2.45, 2.75) is 19.2 Å². The minimum absolute atomic E-state index is 0.280. The van der Waals surface area contributed by atoms with E-state index in [0.29, 0.717) is 13.1 Å². The van der Waals surface area contributed by atoms with E-state index in [2.05, 4.69) is 4.98 Å². The molecular formula is C17H19N3O2. The Labute approximate surface area is 128 Å². The van der Waals surface area contributed by atoms with Crippen molar-refractivity contribution in [2.75, 3.05) is 6.61 Å². The molecule has 0 saturated carbocycles. The molecule has 5 heteroatoms. The Morgan fingerprint density at radius 2 is 1.82 bits per heavy atom. The van der Waals surface area contributed by atoms with Crippen LogP contribution in [0.3, 0.4) is 0 Å². The topological polar surface area (TPSA) is 84.3 Å². The Morgan fingerprint density at radius 3 is 2.50 bits per heavy atom. The van der Waals surface area contributed by atoms with Crippen LogP contribution >= 0.6 is 0 Å². The molecule has 0 aliphatic heterocycles. The van der Waals surface area contributed by atoms with E-state index in [4.69, 9.17) is 10.8 Å². The van der Waals surface area contributed by atoms with Gasteiger partial charge in [0, 0.05) is 12.1 Å². The molecule has 1 unspecified atom stereocenters. The van der Waals surface area contributed by atoms with E-state index in [9.17, 15) is 5.11 Å². The van der Waals surface area contributed by atoms with Crippen molar-refractivity contribution in [3.8, 4) is 11.4 Å². The van der Waals surface area contributed by atoms with Crippen LogP contribution in [0.5, 0.6) is 0 Å². The maximum Gasteiger partial charge on any atom is 0.141 e. The Hall–Kier alpha value is -2.21. The molecule has 0 radical (unpaired) electrons. The third-order valence-electron chi connectivity index (χ3n) is 3.71. The summed E-state index contributed by atoms with van der Waals surface area (Å²) in [5, 5.41) is 19.0. The summed E-state index contributed by atoms with van der Waals surface area (Å²) in [5.41, 5.74) is 9.45. The van der Waals surface area contributed by atoms with Crippen molar-refractivity contribution in [1.29, 1.82) is 0 Å². The molecule has 2 aromatic carbocycles. The number of aliphatic hydroxyl groups is 2. The number of fused-ring (bicyclic) bond motifs is 1. The summed E-state index contributed by atoms with van der Waals surface area (Å²) in [7, 11) is 0. The Morgan fingerprint density at radius 1 is 1.09 bits per heavy atom. The van der Waals surface area contributed by atoms with Crippen molar-refractivity contribution >= 4 is 11.0 Å². The zero-order valence-electron chi connectivity index (χ0n) is 12.2. The smallest absolute Gasteiger partial charge is 0.141 e. The van der Waals surface area contributed by atoms with Gasteiger partial charge < -0.3 is 20.5 Å². The normalized spacial score (nSPS) is 12.7. The number of hydrogen-bond donors (Lipinski definition) is 3. The molecule has 0 spiro atoms. The van der Waals surface area contributed by atoms with Gasteiger partial charge in [0.15, 0.2) is 0 Å². The highest BCUT2D eigenvalue weighted by Gasteiger charge is 2.15. The number of para-hydroxylation sites is 2. The first-order valence-electron chi connectivity index (χ1n) is 7.26. The number of benzene rings is 2. The molecule has 4 N–H and O–H groups in total. The fourth-order valence-electron chi connectivity index (χ4n) is 2.54. The average molecular weight is 297 g/mol. The number of nitrogens with zero attached hydrogens (tertiary/aromatic N) is 2. The van der Waals surface area contributed by atoms with Crippen molar-refractivity contribution in [3.63, 3.8) is 0 Å². The summed E-state index contributed by atoms with van der Waals surface area (Å²) in [6.45, 7) is 0.517. The highest BCUT2D eigenvalue weighted by Crippen LogP contribution is 2.25. The number of aliphatic hydroxyl groups excluding tert-OH is 2. The van der Waals surface area contributed by atoms with Gasteiger partial charge in [0.2, 0.25) is 0 Å². The van der Waals surface area contributed by atoms with Crippen molar-refractivity contribution in [2.24, 2.45) is 5.73 Å². The third kappa shape index (κ3) is 2.74. The second kappa shape index (κ2) is 6.27. The quantitative estimate of drug-likeness (QED) is 0.666. The zero-order valence-corrected chi connectivity index (χ0v) is 12.2. The number of hydrogen-bond acceptors (Lipinski definition) is 4.